The number of amides is 2. The second kappa shape index (κ2) is 16.2. The van der Waals surface area contributed by atoms with Crippen molar-refractivity contribution in [1.82, 2.24) is 14.8 Å². The van der Waals surface area contributed by atoms with Gasteiger partial charge in [-0.05, 0) is 104 Å². The van der Waals surface area contributed by atoms with Gasteiger partial charge < -0.3 is 19.8 Å². The second-order valence-electron chi connectivity index (χ2n) is 14.6. The number of fused-ring (bicyclic) bond motifs is 4. The molecule has 5 heterocycles. The average Bonchev–Trinajstić information content (AvgIpc) is 3.20. The Balaban J connectivity index is 0.000000206. The SMILES string of the molecule is C=C[C@H]1C[N@]2CC[C@H]1C[C@@H]2[C@@H](O)c1ccnc2ccc(OC)cc12.CC1=C(C(=O)O)[C@@H](c2ccc(C#N)cc2S(C)(=O)=O)N(C)C(=O)N1c1cccc(C(F)(F)F)c1. The fourth-order valence-corrected chi connectivity index (χ4v) is 9.23. The molecule has 2 N–H and O–H groups in total. The largest absolute Gasteiger partial charge is 0.497 e. The summed E-state index contributed by atoms with van der Waals surface area (Å²) in [4.78, 5) is 33.8. The van der Waals surface area contributed by atoms with Gasteiger partial charge in [-0.2, -0.15) is 18.4 Å². The number of rotatable bonds is 8. The number of aliphatic hydroxyl groups is 1. The lowest BCUT2D eigenvalue weighted by atomic mass is 9.73. The Morgan fingerprint density at radius 3 is 2.48 bits per heavy atom. The van der Waals surface area contributed by atoms with Crippen LogP contribution in [0.15, 0.2) is 102 Å². The number of hydrogen-bond donors (Lipinski definition) is 2. The number of methoxy groups -OCH3 is 1. The Morgan fingerprint density at radius 2 is 1.88 bits per heavy atom. The highest BCUT2D eigenvalue weighted by Crippen LogP contribution is 2.44. The maximum absolute atomic E-state index is 13.3. The van der Waals surface area contributed by atoms with E-state index in [9.17, 15) is 41.4 Å². The number of allylic oxidation sites excluding steroid dienone is 1. The van der Waals surface area contributed by atoms with E-state index in [1.165, 1.54) is 38.6 Å². The molecule has 0 unspecified atom stereocenters. The van der Waals surface area contributed by atoms with E-state index in [4.69, 9.17) is 10.00 Å². The predicted molar refractivity (Wildman–Crippen MR) is 209 cm³/mol. The molecule has 3 saturated heterocycles. The van der Waals surface area contributed by atoms with Crippen molar-refractivity contribution in [2.75, 3.05) is 38.4 Å². The first kappa shape index (κ1) is 41.9. The number of benzene rings is 3. The number of aliphatic hydroxyl groups excluding tert-OH is 1. The van der Waals surface area contributed by atoms with Crippen LogP contribution in [0.5, 0.6) is 5.75 Å². The maximum atomic E-state index is 13.3. The highest BCUT2D eigenvalue weighted by molar-refractivity contribution is 7.90. The number of pyridine rings is 1. The Labute approximate surface area is 334 Å². The van der Waals surface area contributed by atoms with Crippen molar-refractivity contribution in [2.45, 2.75) is 49.0 Å². The van der Waals surface area contributed by atoms with E-state index in [2.05, 4.69) is 22.5 Å². The number of alkyl halides is 3. The van der Waals surface area contributed by atoms with Crippen molar-refractivity contribution in [3.05, 3.63) is 119 Å². The van der Waals surface area contributed by atoms with Gasteiger partial charge in [0, 0.05) is 43.2 Å². The average molecular weight is 818 g/mol. The van der Waals surface area contributed by atoms with Crippen molar-refractivity contribution in [1.29, 1.82) is 5.26 Å². The van der Waals surface area contributed by atoms with Crippen LogP contribution in [0.1, 0.15) is 54.2 Å². The summed E-state index contributed by atoms with van der Waals surface area (Å²) < 4.78 is 69.9. The summed E-state index contributed by atoms with van der Waals surface area (Å²) in [6, 6.07) is 15.0. The molecular weight excluding hydrogens is 776 g/mol. The van der Waals surface area contributed by atoms with Crippen molar-refractivity contribution < 1.29 is 46.1 Å². The Bertz CT molecular complexity index is 2470. The number of nitrogens with zero attached hydrogens (tertiary/aromatic N) is 5. The van der Waals surface area contributed by atoms with Gasteiger partial charge >= 0.3 is 18.2 Å². The van der Waals surface area contributed by atoms with Crippen LogP contribution in [-0.4, -0.2) is 85.0 Å². The number of carbonyl (C=O) groups is 2. The molecule has 304 valence electrons. The van der Waals surface area contributed by atoms with Gasteiger partial charge in [0.05, 0.1) is 58.1 Å². The van der Waals surface area contributed by atoms with Crippen LogP contribution in [0.25, 0.3) is 10.9 Å². The first-order valence-electron chi connectivity index (χ1n) is 18.3. The topological polar surface area (TPSA) is 164 Å². The number of sulfone groups is 1. The maximum Gasteiger partial charge on any atom is 0.416 e. The Hall–Kier alpha value is -5.76. The van der Waals surface area contributed by atoms with Crippen LogP contribution in [0, 0.1) is 23.2 Å². The third-order valence-corrected chi connectivity index (χ3v) is 12.3. The summed E-state index contributed by atoms with van der Waals surface area (Å²) in [5.41, 5.74) is -0.0186. The van der Waals surface area contributed by atoms with Crippen molar-refractivity contribution in [3.8, 4) is 11.8 Å². The van der Waals surface area contributed by atoms with Gasteiger partial charge in [0.1, 0.15) is 5.75 Å². The van der Waals surface area contributed by atoms with Crippen molar-refractivity contribution >= 4 is 38.4 Å². The normalized spacial score (nSPS) is 22.5. The molecule has 0 spiro atoms. The molecule has 4 aromatic rings. The number of likely N-dealkylation sites (N-methyl/N-ethyl adjacent to an activating group) is 1. The fourth-order valence-electron chi connectivity index (χ4n) is 8.28. The lowest BCUT2D eigenvalue weighted by molar-refractivity contribution is -0.137. The highest BCUT2D eigenvalue weighted by Gasteiger charge is 2.44. The summed E-state index contributed by atoms with van der Waals surface area (Å²) in [6.45, 7) is 7.32. The first-order chi connectivity index (χ1) is 27.4. The number of ether oxygens (including phenoxy) is 1. The van der Waals surface area contributed by atoms with Crippen LogP contribution in [0.2, 0.25) is 0 Å². The van der Waals surface area contributed by atoms with Crippen LogP contribution in [0.4, 0.5) is 23.7 Å². The van der Waals surface area contributed by atoms with E-state index in [0.717, 1.165) is 82.0 Å². The highest BCUT2D eigenvalue weighted by atomic mass is 32.2. The molecule has 3 fully saturated rings. The molecule has 4 aliphatic rings. The number of aromatic nitrogens is 1. The quantitative estimate of drug-likeness (QED) is 0.175. The number of carbonyl (C=O) groups excluding carboxylic acids is 1. The molecule has 4 aliphatic heterocycles. The van der Waals surface area contributed by atoms with E-state index in [1.54, 1.807) is 19.4 Å². The van der Waals surface area contributed by atoms with Gasteiger partial charge in [-0.15, -0.1) is 6.58 Å². The number of urea groups is 1. The van der Waals surface area contributed by atoms with Crippen molar-refractivity contribution in [2.24, 2.45) is 11.8 Å². The van der Waals surface area contributed by atoms with Crippen molar-refractivity contribution in [3.63, 3.8) is 0 Å². The molecule has 0 radical (unpaired) electrons. The zero-order valence-corrected chi connectivity index (χ0v) is 33.0. The van der Waals surface area contributed by atoms with Gasteiger partial charge in [-0.25, -0.2) is 18.0 Å². The molecule has 58 heavy (non-hydrogen) atoms. The molecule has 16 heteroatoms. The standard InChI is InChI=1S/C22H18F3N3O5S.C20H24N2O2/c1-12-18(20(29)30)19(16-8-7-13(11-26)9-17(16)34(3,32)33)27(2)21(31)28(12)15-6-4-5-14(10-15)22(23,24)25;1-3-13-12-22-9-7-14(13)10-19(22)20(23)16-6-8-21-18-5-4-15(24-2)11-17(16)18/h4-10,19H,1-3H3,(H,29,30);3-6,8,11,13-14,19-20,23H,1,7,9-10,12H2,2H3/t19-;13-,14-,19+,20-/m10/s1. The van der Waals surface area contributed by atoms with E-state index in [1.807, 2.05) is 24.3 Å². The minimum Gasteiger partial charge on any atom is -0.497 e. The molecule has 6 atom stereocenters. The van der Waals surface area contributed by atoms with Gasteiger partial charge in [0.25, 0.3) is 0 Å². The third-order valence-electron chi connectivity index (χ3n) is 11.2. The molecule has 2 bridgehead atoms. The molecule has 1 aromatic heterocycles. The molecular formula is C42H42F3N5O7S. The summed E-state index contributed by atoms with van der Waals surface area (Å²) in [6.07, 6.45) is 1.81. The number of halogens is 3. The minimum atomic E-state index is -4.69. The summed E-state index contributed by atoms with van der Waals surface area (Å²) in [5, 5.41) is 31.3. The van der Waals surface area contributed by atoms with Gasteiger partial charge in [0.15, 0.2) is 9.84 Å². The molecule has 12 nitrogen and oxygen atoms in total. The first-order valence-corrected chi connectivity index (χ1v) is 20.2. The smallest absolute Gasteiger partial charge is 0.416 e. The van der Waals surface area contributed by atoms with Gasteiger partial charge in [-0.1, -0.05) is 18.2 Å². The van der Waals surface area contributed by atoms with Gasteiger partial charge in [-0.3, -0.25) is 14.8 Å². The Morgan fingerprint density at radius 1 is 1.14 bits per heavy atom. The van der Waals surface area contributed by atoms with E-state index >= 15 is 0 Å². The number of piperidine rings is 3. The lowest BCUT2D eigenvalue weighted by Crippen LogP contribution is -2.54. The van der Waals surface area contributed by atoms with Crippen LogP contribution in [0.3, 0.4) is 0 Å². The third kappa shape index (κ3) is 8.02. The number of nitriles is 1. The summed E-state index contributed by atoms with van der Waals surface area (Å²) in [7, 11) is -1.08. The van der Waals surface area contributed by atoms with E-state index in [0.29, 0.717) is 11.8 Å². The number of hydrogen-bond acceptors (Lipinski definition) is 9. The zero-order valence-electron chi connectivity index (χ0n) is 32.1. The second-order valence-corrected chi connectivity index (χ2v) is 16.6. The molecule has 3 aromatic carbocycles. The zero-order chi connectivity index (χ0) is 42.3. The monoisotopic (exact) mass is 817 g/mol. The van der Waals surface area contributed by atoms with Crippen LogP contribution in [-0.2, 0) is 20.8 Å². The molecule has 0 aliphatic carbocycles. The predicted octanol–water partition coefficient (Wildman–Crippen LogP) is 7.13. The summed E-state index contributed by atoms with van der Waals surface area (Å²) in [5.74, 6) is 0.509. The number of carboxylic acid groups (broad SMARTS) is 1. The Kier molecular flexibility index (Phi) is 11.7. The lowest BCUT2D eigenvalue weighted by Gasteiger charge is -2.50. The number of aliphatic carboxylic acids is 1. The van der Waals surface area contributed by atoms with Crippen LogP contribution >= 0.6 is 0 Å². The minimum absolute atomic E-state index is 0.0112. The molecule has 8 rings (SSSR count). The van der Waals surface area contributed by atoms with E-state index < -0.39 is 51.3 Å². The molecule has 2 amide bonds. The molecule has 0 saturated carbocycles. The van der Waals surface area contributed by atoms with E-state index in [-0.39, 0.29) is 33.4 Å². The van der Waals surface area contributed by atoms with Gasteiger partial charge in [0.2, 0.25) is 0 Å². The van der Waals surface area contributed by atoms with Crippen LogP contribution < -0.4 is 9.64 Å². The fraction of sp³-hybridized carbons (Fsp3) is 0.333. The number of carboxylic acids is 1. The number of anilines is 1. The summed E-state index contributed by atoms with van der Waals surface area (Å²) >= 11 is 0.